The number of hydrogen-bond donors (Lipinski definition) is 1. The Bertz CT molecular complexity index is 541. The van der Waals surface area contributed by atoms with Crippen molar-refractivity contribution < 1.29 is 13.0 Å². The maximum atomic E-state index is 9.19. The van der Waals surface area contributed by atoms with Gasteiger partial charge in [-0.2, -0.15) is 8.42 Å². The number of rotatable bonds is 0. The molecule has 1 aromatic rings. The van der Waals surface area contributed by atoms with Gasteiger partial charge < -0.3 is 0 Å². The van der Waals surface area contributed by atoms with Crippen LogP contribution in [0.3, 0.4) is 0 Å². The fraction of sp³-hybridized carbons (Fsp3) is 0.600. The van der Waals surface area contributed by atoms with Gasteiger partial charge in [0.05, 0.1) is 6.26 Å². The Kier molecular flexibility index (Phi) is 6.70. The van der Waals surface area contributed by atoms with Crippen LogP contribution < -0.4 is 0 Å². The highest BCUT2D eigenvalue weighted by Crippen LogP contribution is 2.36. The van der Waals surface area contributed by atoms with E-state index < -0.39 is 10.1 Å². The van der Waals surface area contributed by atoms with Crippen molar-refractivity contribution in [3.8, 4) is 0 Å². The minimum absolute atomic E-state index is 0.223. The number of benzene rings is 1. The molecular formula is C15H25IO3S. The normalized spacial score (nSPS) is 12.7. The molecule has 20 heavy (non-hydrogen) atoms. The Balaban J connectivity index is 0.000000621. The lowest BCUT2D eigenvalue weighted by Crippen LogP contribution is -2.23. The van der Waals surface area contributed by atoms with Crippen LogP contribution in [0.5, 0.6) is 0 Å². The van der Waals surface area contributed by atoms with E-state index in [4.69, 9.17) is 4.55 Å². The molecule has 116 valence electrons. The summed E-state index contributed by atoms with van der Waals surface area (Å²) in [5.74, 6) is 0. The van der Waals surface area contributed by atoms with Crippen LogP contribution in [-0.2, 0) is 20.9 Å². The maximum absolute atomic E-state index is 9.19. The third-order valence-electron chi connectivity index (χ3n) is 2.57. The van der Waals surface area contributed by atoms with Crippen molar-refractivity contribution in [3.63, 3.8) is 0 Å². The van der Waals surface area contributed by atoms with Gasteiger partial charge in [0.15, 0.2) is 0 Å². The van der Waals surface area contributed by atoms with Gasteiger partial charge in [0, 0.05) is 3.57 Å². The highest BCUT2D eigenvalue weighted by molar-refractivity contribution is 14.1. The molecule has 0 fully saturated rings. The van der Waals surface area contributed by atoms with E-state index in [1.165, 1.54) is 14.7 Å². The Labute approximate surface area is 137 Å². The van der Waals surface area contributed by atoms with Crippen molar-refractivity contribution in [1.82, 2.24) is 0 Å². The SMILES string of the molecule is CC(C)(C)c1cccc(I)c1C(C)(C)C.CS(=O)(=O)O. The molecule has 0 spiro atoms. The standard InChI is InChI=1S/C14H21I.CH4O3S/c1-13(2,3)10-8-7-9-11(15)12(10)14(4,5)6;1-5(2,3)4/h7-9H,1-6H3;1H3,(H,2,3,4). The predicted octanol–water partition coefficient (Wildman–Crippen LogP) is 4.39. The highest BCUT2D eigenvalue weighted by Gasteiger charge is 2.26. The van der Waals surface area contributed by atoms with E-state index in [-0.39, 0.29) is 10.8 Å². The molecule has 0 aliphatic heterocycles. The second-order valence-electron chi connectivity index (χ2n) is 6.90. The summed E-state index contributed by atoms with van der Waals surface area (Å²) < 4.78 is 27.3. The van der Waals surface area contributed by atoms with Gasteiger partial charge in [0.2, 0.25) is 0 Å². The molecule has 0 amide bonds. The number of halogens is 1. The van der Waals surface area contributed by atoms with E-state index in [2.05, 4.69) is 82.3 Å². The fourth-order valence-electron chi connectivity index (χ4n) is 1.91. The van der Waals surface area contributed by atoms with E-state index >= 15 is 0 Å². The van der Waals surface area contributed by atoms with Crippen LogP contribution in [0.25, 0.3) is 0 Å². The molecule has 0 radical (unpaired) electrons. The van der Waals surface area contributed by atoms with Gasteiger partial charge in [-0.05, 0) is 50.6 Å². The van der Waals surface area contributed by atoms with E-state index in [1.54, 1.807) is 0 Å². The van der Waals surface area contributed by atoms with Crippen LogP contribution in [0.4, 0.5) is 0 Å². The molecule has 0 atom stereocenters. The highest BCUT2D eigenvalue weighted by atomic mass is 127. The van der Waals surface area contributed by atoms with E-state index in [0.29, 0.717) is 6.26 Å². The summed E-state index contributed by atoms with van der Waals surface area (Å²) in [5.41, 5.74) is 3.42. The van der Waals surface area contributed by atoms with Crippen LogP contribution >= 0.6 is 22.6 Å². The Hall–Kier alpha value is -0.140. The van der Waals surface area contributed by atoms with Crippen LogP contribution in [0.1, 0.15) is 52.7 Å². The van der Waals surface area contributed by atoms with Gasteiger partial charge in [0.25, 0.3) is 10.1 Å². The monoisotopic (exact) mass is 412 g/mol. The van der Waals surface area contributed by atoms with Crippen molar-refractivity contribution in [3.05, 3.63) is 32.9 Å². The molecule has 0 saturated heterocycles. The second-order valence-corrected chi connectivity index (χ2v) is 9.52. The fourth-order valence-corrected chi connectivity index (χ4v) is 3.22. The van der Waals surface area contributed by atoms with Crippen molar-refractivity contribution in [2.75, 3.05) is 6.26 Å². The van der Waals surface area contributed by atoms with E-state index in [0.717, 1.165) is 0 Å². The first-order valence-electron chi connectivity index (χ1n) is 6.36. The minimum atomic E-state index is -3.67. The summed E-state index contributed by atoms with van der Waals surface area (Å²) in [6.45, 7) is 13.7. The molecule has 0 bridgehead atoms. The summed E-state index contributed by atoms with van der Waals surface area (Å²) in [4.78, 5) is 0. The molecule has 0 aliphatic rings. The van der Waals surface area contributed by atoms with Crippen molar-refractivity contribution in [1.29, 1.82) is 0 Å². The van der Waals surface area contributed by atoms with E-state index in [9.17, 15) is 8.42 Å². The predicted molar refractivity (Wildman–Crippen MR) is 94.0 cm³/mol. The van der Waals surface area contributed by atoms with Gasteiger partial charge in [-0.3, -0.25) is 4.55 Å². The second kappa shape index (κ2) is 6.75. The summed E-state index contributed by atoms with van der Waals surface area (Å²) in [5, 5.41) is 0. The first-order valence-corrected chi connectivity index (χ1v) is 9.28. The lowest BCUT2D eigenvalue weighted by atomic mass is 9.75. The maximum Gasteiger partial charge on any atom is 0.261 e. The van der Waals surface area contributed by atoms with Crippen molar-refractivity contribution in [2.24, 2.45) is 0 Å². The van der Waals surface area contributed by atoms with Crippen LogP contribution in [0, 0.1) is 3.57 Å². The molecule has 1 aromatic carbocycles. The molecule has 5 heteroatoms. The molecule has 0 heterocycles. The average Bonchev–Trinajstić information content (AvgIpc) is 2.10. The summed E-state index contributed by atoms with van der Waals surface area (Å²) in [7, 11) is -3.67. The minimum Gasteiger partial charge on any atom is -0.286 e. The quantitative estimate of drug-likeness (QED) is 0.508. The third kappa shape index (κ3) is 7.59. The smallest absolute Gasteiger partial charge is 0.261 e. The summed E-state index contributed by atoms with van der Waals surface area (Å²) in [6.07, 6.45) is 0.715. The van der Waals surface area contributed by atoms with Crippen molar-refractivity contribution >= 4 is 32.7 Å². The van der Waals surface area contributed by atoms with Gasteiger partial charge in [0.1, 0.15) is 0 Å². The molecule has 0 unspecified atom stereocenters. The van der Waals surface area contributed by atoms with Crippen LogP contribution in [0.2, 0.25) is 0 Å². The summed E-state index contributed by atoms with van der Waals surface area (Å²) in [6, 6.07) is 6.64. The van der Waals surface area contributed by atoms with Gasteiger partial charge in [-0.15, -0.1) is 0 Å². The molecular weight excluding hydrogens is 387 g/mol. The number of hydrogen-bond acceptors (Lipinski definition) is 2. The lowest BCUT2D eigenvalue weighted by Gasteiger charge is -2.31. The summed E-state index contributed by atoms with van der Waals surface area (Å²) >= 11 is 2.45. The van der Waals surface area contributed by atoms with E-state index in [1.807, 2.05) is 0 Å². The van der Waals surface area contributed by atoms with Gasteiger partial charge in [-0.25, -0.2) is 0 Å². The molecule has 3 nitrogen and oxygen atoms in total. The zero-order valence-corrected chi connectivity index (χ0v) is 16.3. The Morgan fingerprint density at radius 2 is 1.40 bits per heavy atom. The Morgan fingerprint density at radius 1 is 1.00 bits per heavy atom. The average molecular weight is 412 g/mol. The van der Waals surface area contributed by atoms with Crippen LogP contribution in [0.15, 0.2) is 18.2 Å². The first kappa shape index (κ1) is 19.9. The lowest BCUT2D eigenvalue weighted by molar-refractivity contribution is 0.490. The molecule has 0 aromatic heterocycles. The molecule has 1 N–H and O–H groups in total. The van der Waals surface area contributed by atoms with Crippen molar-refractivity contribution in [2.45, 2.75) is 52.4 Å². The molecule has 0 saturated carbocycles. The van der Waals surface area contributed by atoms with Crippen LogP contribution in [-0.4, -0.2) is 19.2 Å². The topological polar surface area (TPSA) is 54.4 Å². The van der Waals surface area contributed by atoms with Gasteiger partial charge >= 0.3 is 0 Å². The molecule has 1 rings (SSSR count). The molecule has 0 aliphatic carbocycles. The van der Waals surface area contributed by atoms with Gasteiger partial charge in [-0.1, -0.05) is 53.7 Å². The zero-order valence-electron chi connectivity index (χ0n) is 13.3. The Morgan fingerprint density at radius 3 is 1.65 bits per heavy atom. The largest absolute Gasteiger partial charge is 0.286 e. The first-order chi connectivity index (χ1) is 8.64. The zero-order chi connectivity index (χ0) is 16.4. The third-order valence-corrected chi connectivity index (χ3v) is 3.47.